The van der Waals surface area contributed by atoms with E-state index in [2.05, 4.69) is 37.2 Å². The second-order valence-electron chi connectivity index (χ2n) is 6.95. The first-order chi connectivity index (χ1) is 12.5. The summed E-state index contributed by atoms with van der Waals surface area (Å²) in [6, 6.07) is 6.52. The van der Waals surface area contributed by atoms with Crippen LogP contribution in [0.2, 0.25) is 0 Å². The molecular formula is C22H31NO3. The fraction of sp³-hybridized carbons (Fsp3) is 0.545. The summed E-state index contributed by atoms with van der Waals surface area (Å²) in [7, 11) is 0. The smallest absolute Gasteiger partial charge is 0.168 e. The maximum atomic E-state index is 12.8. The van der Waals surface area contributed by atoms with E-state index in [1.54, 1.807) is 0 Å². The molecule has 1 aliphatic rings. The van der Waals surface area contributed by atoms with Crippen molar-refractivity contribution in [2.45, 2.75) is 72.1 Å². The molecule has 1 aliphatic carbocycles. The third-order valence-corrected chi connectivity index (χ3v) is 4.97. The minimum absolute atomic E-state index is 0.0260. The number of oxime groups is 1. The number of hydrogen-bond donors (Lipinski definition) is 1. The van der Waals surface area contributed by atoms with Crippen LogP contribution in [0.4, 0.5) is 0 Å². The minimum Gasteiger partial charge on any atom is -0.511 e. The Balaban J connectivity index is 2.29. The highest BCUT2D eigenvalue weighted by atomic mass is 16.6. The highest BCUT2D eigenvalue weighted by molar-refractivity contribution is 6.23. The summed E-state index contributed by atoms with van der Waals surface area (Å²) in [6.07, 6.45) is 4.82. The molecular weight excluding hydrogens is 326 g/mol. The third-order valence-electron chi connectivity index (χ3n) is 4.97. The Kier molecular flexibility index (Phi) is 7.43. The van der Waals surface area contributed by atoms with Crippen molar-refractivity contribution in [3.05, 3.63) is 46.2 Å². The SMILES string of the molecule is CCCCc1ccc(C)c(C2CC(=O)C(C(CC)=NOCC)=C(O)C2)c1. The van der Waals surface area contributed by atoms with E-state index in [-0.39, 0.29) is 17.5 Å². The maximum absolute atomic E-state index is 12.8. The first kappa shape index (κ1) is 20.2. The van der Waals surface area contributed by atoms with Gasteiger partial charge in [0.05, 0.1) is 11.3 Å². The van der Waals surface area contributed by atoms with Crippen LogP contribution < -0.4 is 0 Å². The molecule has 1 aromatic carbocycles. The van der Waals surface area contributed by atoms with Gasteiger partial charge in [0.1, 0.15) is 12.4 Å². The zero-order valence-corrected chi connectivity index (χ0v) is 16.5. The third kappa shape index (κ3) is 4.75. The lowest BCUT2D eigenvalue weighted by atomic mass is 9.79. The molecule has 1 aromatic rings. The fourth-order valence-corrected chi connectivity index (χ4v) is 3.54. The van der Waals surface area contributed by atoms with E-state index in [0.29, 0.717) is 37.2 Å². The Morgan fingerprint density at radius 3 is 2.65 bits per heavy atom. The van der Waals surface area contributed by atoms with Crippen LogP contribution in [0.25, 0.3) is 0 Å². The molecule has 0 aromatic heterocycles. The summed E-state index contributed by atoms with van der Waals surface area (Å²) in [5.74, 6) is 0.125. The normalized spacial score (nSPS) is 18.4. The molecule has 1 atom stereocenters. The fourth-order valence-electron chi connectivity index (χ4n) is 3.54. The van der Waals surface area contributed by atoms with Crippen molar-refractivity contribution in [1.29, 1.82) is 0 Å². The number of Topliss-reactive ketones (excluding diaryl/α,β-unsaturated/α-hetero) is 1. The Morgan fingerprint density at radius 2 is 2.04 bits per heavy atom. The summed E-state index contributed by atoms with van der Waals surface area (Å²) in [6.45, 7) is 8.47. The zero-order chi connectivity index (χ0) is 19.1. The van der Waals surface area contributed by atoms with E-state index in [1.165, 1.54) is 16.7 Å². The Bertz CT molecular complexity index is 703. The van der Waals surface area contributed by atoms with E-state index in [9.17, 15) is 9.90 Å². The van der Waals surface area contributed by atoms with Crippen LogP contribution in [0.15, 0.2) is 34.7 Å². The van der Waals surface area contributed by atoms with Crippen LogP contribution in [0.5, 0.6) is 0 Å². The van der Waals surface area contributed by atoms with Gasteiger partial charge in [0.2, 0.25) is 0 Å². The average molecular weight is 357 g/mol. The van der Waals surface area contributed by atoms with E-state index in [4.69, 9.17) is 4.84 Å². The van der Waals surface area contributed by atoms with Crippen LogP contribution in [0.1, 0.15) is 75.5 Å². The molecule has 0 heterocycles. The number of hydrogen-bond acceptors (Lipinski definition) is 4. The summed E-state index contributed by atoms with van der Waals surface area (Å²) < 4.78 is 0. The molecule has 0 fully saturated rings. The van der Waals surface area contributed by atoms with Crippen molar-refractivity contribution in [1.82, 2.24) is 0 Å². The second kappa shape index (κ2) is 9.56. The predicted octanol–water partition coefficient (Wildman–Crippen LogP) is 5.40. The quantitative estimate of drug-likeness (QED) is 0.500. The number of unbranched alkanes of at least 4 members (excludes halogenated alkanes) is 1. The first-order valence-corrected chi connectivity index (χ1v) is 9.75. The van der Waals surface area contributed by atoms with Gasteiger partial charge >= 0.3 is 0 Å². The molecule has 0 bridgehead atoms. The topological polar surface area (TPSA) is 58.9 Å². The number of carbonyl (C=O) groups excluding carboxylic acids is 1. The maximum Gasteiger partial charge on any atom is 0.168 e. The Labute approximate surface area is 156 Å². The van der Waals surface area contributed by atoms with Crippen molar-refractivity contribution in [2.24, 2.45) is 5.16 Å². The molecule has 4 heteroatoms. The van der Waals surface area contributed by atoms with Crippen molar-refractivity contribution in [2.75, 3.05) is 6.61 Å². The number of nitrogens with zero attached hydrogens (tertiary/aromatic N) is 1. The number of aliphatic hydroxyl groups is 1. The number of aliphatic hydroxyl groups excluding tert-OH is 1. The van der Waals surface area contributed by atoms with Gasteiger partial charge in [-0.1, -0.05) is 43.6 Å². The van der Waals surface area contributed by atoms with Crippen molar-refractivity contribution in [3.63, 3.8) is 0 Å². The van der Waals surface area contributed by atoms with Crippen molar-refractivity contribution in [3.8, 4) is 0 Å². The predicted molar refractivity (Wildman–Crippen MR) is 106 cm³/mol. The molecule has 0 amide bonds. The van der Waals surface area contributed by atoms with Crippen molar-refractivity contribution < 1.29 is 14.7 Å². The molecule has 4 nitrogen and oxygen atoms in total. The van der Waals surface area contributed by atoms with Crippen LogP contribution in [0, 0.1) is 6.92 Å². The number of allylic oxidation sites excluding steroid dienone is 2. The van der Waals surface area contributed by atoms with Gasteiger partial charge in [0.15, 0.2) is 5.78 Å². The summed E-state index contributed by atoms with van der Waals surface area (Å²) >= 11 is 0. The highest BCUT2D eigenvalue weighted by Gasteiger charge is 2.31. The lowest BCUT2D eigenvalue weighted by molar-refractivity contribution is -0.116. The number of rotatable bonds is 8. The molecule has 2 rings (SSSR count). The van der Waals surface area contributed by atoms with Gasteiger partial charge in [-0.05, 0) is 55.7 Å². The van der Waals surface area contributed by atoms with Gasteiger partial charge in [-0.15, -0.1) is 0 Å². The Morgan fingerprint density at radius 1 is 1.27 bits per heavy atom. The molecule has 0 aliphatic heterocycles. The number of ketones is 1. The van der Waals surface area contributed by atoms with Crippen LogP contribution in [-0.2, 0) is 16.1 Å². The molecule has 26 heavy (non-hydrogen) atoms. The van der Waals surface area contributed by atoms with Gasteiger partial charge in [0, 0.05) is 12.8 Å². The lowest BCUT2D eigenvalue weighted by Gasteiger charge is -2.25. The van der Waals surface area contributed by atoms with E-state index in [1.807, 2.05) is 13.8 Å². The van der Waals surface area contributed by atoms with E-state index in [0.717, 1.165) is 19.3 Å². The molecule has 0 saturated carbocycles. The Hall–Kier alpha value is -2.10. The monoisotopic (exact) mass is 357 g/mol. The van der Waals surface area contributed by atoms with Gasteiger partial charge in [-0.3, -0.25) is 4.79 Å². The van der Waals surface area contributed by atoms with Gasteiger partial charge < -0.3 is 9.94 Å². The van der Waals surface area contributed by atoms with Crippen molar-refractivity contribution >= 4 is 11.5 Å². The number of carbonyl (C=O) groups is 1. The first-order valence-electron chi connectivity index (χ1n) is 9.75. The largest absolute Gasteiger partial charge is 0.511 e. The van der Waals surface area contributed by atoms with E-state index >= 15 is 0 Å². The van der Waals surface area contributed by atoms with Gasteiger partial charge in [-0.25, -0.2) is 0 Å². The van der Waals surface area contributed by atoms with Gasteiger partial charge in [-0.2, -0.15) is 0 Å². The summed E-state index contributed by atoms with van der Waals surface area (Å²) in [5.41, 5.74) is 4.56. The molecule has 1 N–H and O–H groups in total. The summed E-state index contributed by atoms with van der Waals surface area (Å²) in [5, 5.41) is 14.6. The van der Waals surface area contributed by atoms with Crippen LogP contribution in [0.3, 0.4) is 0 Å². The van der Waals surface area contributed by atoms with E-state index < -0.39 is 0 Å². The number of aryl methyl sites for hydroxylation is 2. The highest BCUT2D eigenvalue weighted by Crippen LogP contribution is 2.36. The lowest BCUT2D eigenvalue weighted by Crippen LogP contribution is -2.24. The molecule has 0 saturated heterocycles. The molecule has 0 radical (unpaired) electrons. The van der Waals surface area contributed by atoms with Gasteiger partial charge in [0.25, 0.3) is 0 Å². The number of benzene rings is 1. The second-order valence-corrected chi connectivity index (χ2v) is 6.95. The van der Waals surface area contributed by atoms with Crippen LogP contribution >= 0.6 is 0 Å². The standard InChI is InChI=1S/C22H31NO3/c1-5-8-9-16-11-10-15(4)18(12-16)17-13-20(24)22(21(25)14-17)19(6-2)23-26-7-3/h10-12,17,24H,5-9,13-14H2,1-4H3. The summed E-state index contributed by atoms with van der Waals surface area (Å²) in [4.78, 5) is 17.9. The molecule has 0 spiro atoms. The molecule has 1 unspecified atom stereocenters. The van der Waals surface area contributed by atoms with Crippen LogP contribution in [-0.4, -0.2) is 23.2 Å². The minimum atomic E-state index is -0.0441. The molecule has 142 valence electrons. The average Bonchev–Trinajstić information content (AvgIpc) is 2.63. The zero-order valence-electron chi connectivity index (χ0n) is 16.5.